The van der Waals surface area contributed by atoms with Crippen molar-refractivity contribution in [1.29, 1.82) is 0 Å². The number of fused-ring (bicyclic) bond motifs is 5. The average Bonchev–Trinajstić information content (AvgIpc) is 3.09. The van der Waals surface area contributed by atoms with Gasteiger partial charge in [-0.05, 0) is 110 Å². The zero-order chi connectivity index (χ0) is 21.7. The van der Waals surface area contributed by atoms with Crippen molar-refractivity contribution in [3.63, 3.8) is 0 Å². The Morgan fingerprint density at radius 1 is 1.07 bits per heavy atom. The minimum absolute atomic E-state index is 0.0802. The van der Waals surface area contributed by atoms with Crippen LogP contribution in [-0.4, -0.2) is 11.2 Å². The van der Waals surface area contributed by atoms with Gasteiger partial charge in [0, 0.05) is 0 Å². The topological polar surface area (TPSA) is 20.2 Å². The molecule has 0 aromatic heterocycles. The first kappa shape index (κ1) is 22.9. The molecule has 4 aliphatic rings. The number of aliphatic hydroxyl groups excluding tert-OH is 1. The Morgan fingerprint density at radius 3 is 2.50 bits per heavy atom. The minimum atomic E-state index is -0.0802. The third-order valence-corrected chi connectivity index (χ3v) is 11.7. The van der Waals surface area contributed by atoms with Crippen molar-refractivity contribution in [3.8, 4) is 0 Å². The molecule has 0 aromatic carbocycles. The van der Waals surface area contributed by atoms with Crippen LogP contribution >= 0.6 is 0 Å². The predicted molar refractivity (Wildman–Crippen MR) is 128 cm³/mol. The van der Waals surface area contributed by atoms with Gasteiger partial charge < -0.3 is 5.11 Å². The van der Waals surface area contributed by atoms with Gasteiger partial charge in [-0.2, -0.15) is 0 Å². The van der Waals surface area contributed by atoms with Crippen LogP contribution in [0.1, 0.15) is 119 Å². The molecule has 0 spiro atoms. The summed E-state index contributed by atoms with van der Waals surface area (Å²) in [5.41, 5.74) is 3.13. The molecule has 4 rings (SSSR count). The average molecular weight is 415 g/mol. The third-order valence-electron chi connectivity index (χ3n) is 11.7. The quantitative estimate of drug-likeness (QED) is 0.434. The SMILES string of the molecule is CCC(C)(CC)CC[C@@H](C)[C@H]1CC[C@H]2[C@@H]3CC=C4C[C@@H](O)CC[C@]4(C)[C@H]3CC[C@]12C. The van der Waals surface area contributed by atoms with Crippen molar-refractivity contribution >= 4 is 0 Å². The van der Waals surface area contributed by atoms with Crippen LogP contribution in [0.15, 0.2) is 11.6 Å². The summed E-state index contributed by atoms with van der Waals surface area (Å²) < 4.78 is 0. The largest absolute Gasteiger partial charge is 0.393 e. The highest BCUT2D eigenvalue weighted by Gasteiger charge is 2.59. The van der Waals surface area contributed by atoms with Crippen molar-refractivity contribution in [2.45, 2.75) is 125 Å². The van der Waals surface area contributed by atoms with Crippen molar-refractivity contribution in [3.05, 3.63) is 11.6 Å². The smallest absolute Gasteiger partial charge is 0.0577 e. The molecule has 0 bridgehead atoms. The van der Waals surface area contributed by atoms with Crippen LogP contribution in [0.5, 0.6) is 0 Å². The van der Waals surface area contributed by atoms with Crippen LogP contribution in [0, 0.1) is 45.8 Å². The molecule has 0 heterocycles. The summed E-state index contributed by atoms with van der Waals surface area (Å²) in [5, 5.41) is 10.2. The van der Waals surface area contributed by atoms with Crippen LogP contribution in [0.3, 0.4) is 0 Å². The molecule has 1 N–H and O–H groups in total. The molecule has 30 heavy (non-hydrogen) atoms. The molecule has 0 unspecified atom stereocenters. The van der Waals surface area contributed by atoms with Crippen molar-refractivity contribution in [2.75, 3.05) is 0 Å². The molecular weight excluding hydrogens is 364 g/mol. The van der Waals surface area contributed by atoms with E-state index in [1.165, 1.54) is 64.2 Å². The van der Waals surface area contributed by atoms with E-state index in [0.717, 1.165) is 42.4 Å². The van der Waals surface area contributed by atoms with E-state index >= 15 is 0 Å². The molecule has 0 aliphatic heterocycles. The van der Waals surface area contributed by atoms with Gasteiger partial charge in [0.25, 0.3) is 0 Å². The minimum Gasteiger partial charge on any atom is -0.393 e. The fourth-order valence-electron chi connectivity index (χ4n) is 9.00. The Kier molecular flexibility index (Phi) is 6.28. The lowest BCUT2D eigenvalue weighted by molar-refractivity contribution is -0.0577. The zero-order valence-corrected chi connectivity index (χ0v) is 21.0. The Morgan fingerprint density at radius 2 is 1.80 bits per heavy atom. The van der Waals surface area contributed by atoms with E-state index in [0.29, 0.717) is 16.2 Å². The highest BCUT2D eigenvalue weighted by Crippen LogP contribution is 2.67. The Hall–Kier alpha value is -0.300. The Labute approximate surface area is 187 Å². The van der Waals surface area contributed by atoms with Crippen LogP contribution in [0.2, 0.25) is 0 Å². The molecule has 4 aliphatic carbocycles. The zero-order valence-electron chi connectivity index (χ0n) is 21.0. The Bertz CT molecular complexity index is 645. The number of hydrogen-bond acceptors (Lipinski definition) is 1. The van der Waals surface area contributed by atoms with E-state index in [1.807, 2.05) is 0 Å². The summed E-state index contributed by atoms with van der Waals surface area (Å²) in [6.07, 6.45) is 18.4. The van der Waals surface area contributed by atoms with E-state index in [4.69, 9.17) is 0 Å². The van der Waals surface area contributed by atoms with Crippen LogP contribution in [-0.2, 0) is 0 Å². The monoisotopic (exact) mass is 414 g/mol. The van der Waals surface area contributed by atoms with Gasteiger partial charge in [-0.15, -0.1) is 0 Å². The normalized spacial score (nSPS) is 44.6. The summed E-state index contributed by atoms with van der Waals surface area (Å²) in [4.78, 5) is 0. The molecule has 0 saturated heterocycles. The molecule has 1 nitrogen and oxygen atoms in total. The standard InChI is InChI=1S/C29H50O/c1-7-27(4,8-2)16-13-20(3)24-11-12-25-23-10-9-21-19-22(30)14-17-28(21,5)26(23)15-18-29(24,25)6/h9,20,22-26,30H,7-8,10-19H2,1-6H3/t20-,22+,23+,24-,25+,26+,28+,29-/m1/s1. The number of allylic oxidation sites excluding steroid dienone is 1. The predicted octanol–water partition coefficient (Wildman–Crippen LogP) is 8.17. The molecule has 0 radical (unpaired) electrons. The van der Waals surface area contributed by atoms with E-state index < -0.39 is 0 Å². The first-order valence-corrected chi connectivity index (χ1v) is 13.5. The van der Waals surface area contributed by atoms with Gasteiger partial charge in [0.05, 0.1) is 6.10 Å². The molecule has 3 fully saturated rings. The van der Waals surface area contributed by atoms with Crippen molar-refractivity contribution in [1.82, 2.24) is 0 Å². The lowest BCUT2D eigenvalue weighted by Gasteiger charge is -2.58. The van der Waals surface area contributed by atoms with Gasteiger partial charge in [0.15, 0.2) is 0 Å². The van der Waals surface area contributed by atoms with Crippen LogP contribution in [0.4, 0.5) is 0 Å². The molecule has 172 valence electrons. The lowest BCUT2D eigenvalue weighted by atomic mass is 9.47. The Balaban J connectivity index is 1.49. The summed E-state index contributed by atoms with van der Waals surface area (Å²) in [6, 6.07) is 0. The van der Waals surface area contributed by atoms with E-state index in [2.05, 4.69) is 47.6 Å². The second-order valence-corrected chi connectivity index (χ2v) is 12.9. The highest BCUT2D eigenvalue weighted by molar-refractivity contribution is 5.25. The van der Waals surface area contributed by atoms with E-state index in [-0.39, 0.29) is 6.10 Å². The molecule has 1 heteroatoms. The lowest BCUT2D eigenvalue weighted by Crippen LogP contribution is -2.50. The number of hydrogen-bond donors (Lipinski definition) is 1. The van der Waals surface area contributed by atoms with Gasteiger partial charge in [-0.25, -0.2) is 0 Å². The van der Waals surface area contributed by atoms with Crippen LogP contribution in [0.25, 0.3) is 0 Å². The summed E-state index contributed by atoms with van der Waals surface area (Å²) >= 11 is 0. The van der Waals surface area contributed by atoms with Crippen molar-refractivity contribution < 1.29 is 5.11 Å². The fourth-order valence-corrected chi connectivity index (χ4v) is 9.00. The van der Waals surface area contributed by atoms with Gasteiger partial charge in [0.2, 0.25) is 0 Å². The van der Waals surface area contributed by atoms with Crippen molar-refractivity contribution in [2.24, 2.45) is 45.8 Å². The molecule has 0 aromatic rings. The molecule has 3 saturated carbocycles. The fraction of sp³-hybridized carbons (Fsp3) is 0.931. The van der Waals surface area contributed by atoms with Gasteiger partial charge in [-0.3, -0.25) is 0 Å². The van der Waals surface area contributed by atoms with Crippen LogP contribution < -0.4 is 0 Å². The first-order chi connectivity index (χ1) is 14.2. The summed E-state index contributed by atoms with van der Waals surface area (Å²) in [7, 11) is 0. The van der Waals surface area contributed by atoms with E-state index in [9.17, 15) is 5.11 Å². The first-order valence-electron chi connectivity index (χ1n) is 13.5. The van der Waals surface area contributed by atoms with Gasteiger partial charge in [0.1, 0.15) is 0 Å². The summed E-state index contributed by atoms with van der Waals surface area (Å²) in [6.45, 7) is 15.1. The summed E-state index contributed by atoms with van der Waals surface area (Å²) in [5.74, 6) is 4.54. The molecule has 8 atom stereocenters. The maximum Gasteiger partial charge on any atom is 0.0577 e. The second-order valence-electron chi connectivity index (χ2n) is 12.9. The number of rotatable bonds is 6. The number of aliphatic hydroxyl groups is 1. The van der Waals surface area contributed by atoms with Gasteiger partial charge >= 0.3 is 0 Å². The highest BCUT2D eigenvalue weighted by atomic mass is 16.3. The molecule has 0 amide bonds. The molecular formula is C29H50O. The second kappa shape index (κ2) is 8.24. The maximum absolute atomic E-state index is 10.2. The maximum atomic E-state index is 10.2. The third kappa shape index (κ3) is 3.64. The van der Waals surface area contributed by atoms with Gasteiger partial charge in [-0.1, -0.05) is 66.0 Å². The van der Waals surface area contributed by atoms with E-state index in [1.54, 1.807) is 5.57 Å².